The summed E-state index contributed by atoms with van der Waals surface area (Å²) in [6.45, 7) is 3.73. The lowest BCUT2D eigenvalue weighted by Gasteiger charge is -2.32. The summed E-state index contributed by atoms with van der Waals surface area (Å²) in [6.07, 6.45) is 6.28. The Morgan fingerprint density at radius 2 is 2.42 bits per heavy atom. The Hall–Kier alpha value is -0.940. The lowest BCUT2D eigenvalue weighted by Crippen LogP contribution is -2.44. The van der Waals surface area contributed by atoms with Gasteiger partial charge in [-0.05, 0) is 32.2 Å². The summed E-state index contributed by atoms with van der Waals surface area (Å²) in [5, 5.41) is 12.5. The molecule has 1 aliphatic heterocycles. The topological polar surface area (TPSA) is 53.4 Å². The number of aryl methyl sites for hydroxylation is 1. The first-order valence-corrected chi connectivity index (χ1v) is 7.98. The van der Waals surface area contributed by atoms with Crippen LogP contribution < -0.4 is 0 Å². The summed E-state index contributed by atoms with van der Waals surface area (Å²) >= 11 is 1.70. The average Bonchev–Trinajstić information content (AvgIpc) is 2.84. The third-order valence-electron chi connectivity index (χ3n) is 3.61. The Morgan fingerprint density at radius 1 is 1.58 bits per heavy atom. The van der Waals surface area contributed by atoms with E-state index in [4.69, 9.17) is 0 Å². The van der Waals surface area contributed by atoms with Crippen LogP contribution in [0.1, 0.15) is 49.7 Å². The number of thiazole rings is 1. The molecule has 0 radical (unpaired) electrons. The molecule has 0 spiro atoms. The third-order valence-corrected chi connectivity index (χ3v) is 4.56. The minimum Gasteiger partial charge on any atom is -0.480 e. The number of aromatic nitrogens is 1. The van der Waals surface area contributed by atoms with Gasteiger partial charge in [0.05, 0.1) is 10.7 Å². The van der Waals surface area contributed by atoms with Gasteiger partial charge in [-0.3, -0.25) is 9.69 Å². The molecule has 0 aromatic carbocycles. The van der Waals surface area contributed by atoms with Crippen LogP contribution in [0.25, 0.3) is 0 Å². The zero-order valence-electron chi connectivity index (χ0n) is 11.5. The van der Waals surface area contributed by atoms with Crippen molar-refractivity contribution in [3.8, 4) is 0 Å². The Morgan fingerprint density at radius 3 is 3.16 bits per heavy atom. The molecule has 0 bridgehead atoms. The van der Waals surface area contributed by atoms with Crippen molar-refractivity contribution in [2.24, 2.45) is 0 Å². The summed E-state index contributed by atoms with van der Waals surface area (Å²) in [5.41, 5.74) is 1.03. The highest BCUT2D eigenvalue weighted by molar-refractivity contribution is 7.09. The maximum Gasteiger partial charge on any atom is 0.320 e. The van der Waals surface area contributed by atoms with Crippen molar-refractivity contribution >= 4 is 17.3 Å². The number of piperidine rings is 1. The summed E-state index contributed by atoms with van der Waals surface area (Å²) in [7, 11) is 0. The van der Waals surface area contributed by atoms with Gasteiger partial charge in [-0.1, -0.05) is 19.8 Å². The second kappa shape index (κ2) is 7.01. The van der Waals surface area contributed by atoms with Gasteiger partial charge in [-0.25, -0.2) is 4.98 Å². The standard InChI is InChI=1S/C14H22N2O2S/c1-2-3-7-13-15-11(10-19-13)9-16-8-5-4-6-12(16)14(17)18/h10,12H,2-9H2,1H3,(H,17,18). The molecule has 1 N–H and O–H groups in total. The number of carboxylic acids is 1. The van der Waals surface area contributed by atoms with Gasteiger partial charge in [0.15, 0.2) is 0 Å². The summed E-state index contributed by atoms with van der Waals surface area (Å²) in [4.78, 5) is 17.9. The number of carbonyl (C=O) groups is 1. The molecule has 0 saturated carbocycles. The maximum absolute atomic E-state index is 11.2. The smallest absolute Gasteiger partial charge is 0.320 e. The van der Waals surface area contributed by atoms with Crippen LogP contribution in [0.4, 0.5) is 0 Å². The molecule has 1 unspecified atom stereocenters. The number of rotatable bonds is 6. The Balaban J connectivity index is 1.94. The van der Waals surface area contributed by atoms with Gasteiger partial charge in [0.25, 0.3) is 0 Å². The molecule has 1 aliphatic rings. The van der Waals surface area contributed by atoms with Crippen LogP contribution >= 0.6 is 11.3 Å². The molecular weight excluding hydrogens is 260 g/mol. The summed E-state index contributed by atoms with van der Waals surface area (Å²) < 4.78 is 0. The van der Waals surface area contributed by atoms with E-state index in [1.165, 1.54) is 17.8 Å². The van der Waals surface area contributed by atoms with E-state index in [0.717, 1.165) is 37.9 Å². The first kappa shape index (κ1) is 14.5. The first-order valence-electron chi connectivity index (χ1n) is 7.11. The van der Waals surface area contributed by atoms with E-state index in [9.17, 15) is 9.90 Å². The molecule has 4 nitrogen and oxygen atoms in total. The van der Waals surface area contributed by atoms with Gasteiger partial charge in [-0.15, -0.1) is 11.3 Å². The normalized spacial score (nSPS) is 20.6. The van der Waals surface area contributed by atoms with E-state index < -0.39 is 5.97 Å². The minimum absolute atomic E-state index is 0.324. The van der Waals surface area contributed by atoms with Gasteiger partial charge in [0.2, 0.25) is 0 Å². The molecule has 19 heavy (non-hydrogen) atoms. The Labute approximate surface area is 118 Å². The van der Waals surface area contributed by atoms with Crippen molar-refractivity contribution in [3.63, 3.8) is 0 Å². The van der Waals surface area contributed by atoms with E-state index in [-0.39, 0.29) is 6.04 Å². The van der Waals surface area contributed by atoms with Crippen molar-refractivity contribution in [2.45, 2.75) is 58.0 Å². The van der Waals surface area contributed by atoms with Crippen molar-refractivity contribution < 1.29 is 9.90 Å². The Kier molecular flexibility index (Phi) is 5.34. The van der Waals surface area contributed by atoms with Crippen LogP contribution in [0, 0.1) is 0 Å². The van der Waals surface area contributed by atoms with Crippen molar-refractivity contribution in [1.29, 1.82) is 0 Å². The highest BCUT2D eigenvalue weighted by atomic mass is 32.1. The van der Waals surface area contributed by atoms with E-state index in [2.05, 4.69) is 22.2 Å². The monoisotopic (exact) mass is 282 g/mol. The molecule has 2 rings (SSSR count). The predicted octanol–water partition coefficient (Wildman–Crippen LogP) is 2.92. The van der Waals surface area contributed by atoms with E-state index in [0.29, 0.717) is 6.54 Å². The molecule has 0 amide bonds. The van der Waals surface area contributed by atoms with E-state index in [1.807, 2.05) is 0 Å². The second-order valence-electron chi connectivity index (χ2n) is 5.16. The summed E-state index contributed by atoms with van der Waals surface area (Å²) in [6, 6.07) is -0.324. The molecule has 1 fully saturated rings. The highest BCUT2D eigenvalue weighted by Gasteiger charge is 2.28. The molecule has 1 atom stereocenters. The number of nitrogens with zero attached hydrogens (tertiary/aromatic N) is 2. The zero-order chi connectivity index (χ0) is 13.7. The molecule has 0 aliphatic carbocycles. The van der Waals surface area contributed by atoms with Crippen LogP contribution in [0.15, 0.2) is 5.38 Å². The highest BCUT2D eigenvalue weighted by Crippen LogP contribution is 2.21. The van der Waals surface area contributed by atoms with Gasteiger partial charge < -0.3 is 5.11 Å². The van der Waals surface area contributed by atoms with Gasteiger partial charge in [0, 0.05) is 11.9 Å². The number of hydrogen-bond acceptors (Lipinski definition) is 4. The fourth-order valence-corrected chi connectivity index (χ4v) is 3.36. The minimum atomic E-state index is -0.693. The largest absolute Gasteiger partial charge is 0.480 e. The van der Waals surface area contributed by atoms with E-state index >= 15 is 0 Å². The van der Waals surface area contributed by atoms with Crippen molar-refractivity contribution in [3.05, 3.63) is 16.1 Å². The van der Waals surface area contributed by atoms with Crippen molar-refractivity contribution in [1.82, 2.24) is 9.88 Å². The van der Waals surface area contributed by atoms with Crippen LogP contribution in [0.5, 0.6) is 0 Å². The zero-order valence-corrected chi connectivity index (χ0v) is 12.3. The molecule has 1 aromatic heterocycles. The molecule has 1 aromatic rings. The lowest BCUT2D eigenvalue weighted by atomic mass is 10.0. The number of carboxylic acid groups (broad SMARTS) is 1. The van der Waals surface area contributed by atoms with Gasteiger partial charge in [-0.2, -0.15) is 0 Å². The van der Waals surface area contributed by atoms with Crippen LogP contribution in [0.2, 0.25) is 0 Å². The van der Waals surface area contributed by atoms with Crippen LogP contribution in [0.3, 0.4) is 0 Å². The molecular formula is C14H22N2O2S. The van der Waals surface area contributed by atoms with Crippen LogP contribution in [-0.2, 0) is 17.8 Å². The van der Waals surface area contributed by atoms with Gasteiger partial charge >= 0.3 is 5.97 Å². The number of unbranched alkanes of at least 4 members (excludes halogenated alkanes) is 1. The quantitative estimate of drug-likeness (QED) is 0.871. The third kappa shape index (κ3) is 4.01. The molecule has 5 heteroatoms. The Bertz CT molecular complexity index is 419. The van der Waals surface area contributed by atoms with E-state index in [1.54, 1.807) is 11.3 Å². The molecule has 1 saturated heterocycles. The molecule has 2 heterocycles. The first-order chi connectivity index (χ1) is 9.20. The van der Waals surface area contributed by atoms with Crippen molar-refractivity contribution in [2.75, 3.05) is 6.54 Å². The second-order valence-corrected chi connectivity index (χ2v) is 6.10. The predicted molar refractivity (Wildman–Crippen MR) is 76.4 cm³/mol. The number of hydrogen-bond donors (Lipinski definition) is 1. The fraction of sp³-hybridized carbons (Fsp3) is 0.714. The van der Waals surface area contributed by atoms with Gasteiger partial charge in [0.1, 0.15) is 6.04 Å². The fourth-order valence-electron chi connectivity index (χ4n) is 2.53. The van der Waals surface area contributed by atoms with Crippen LogP contribution in [-0.4, -0.2) is 33.5 Å². The average molecular weight is 282 g/mol. The number of aliphatic carboxylic acids is 1. The summed E-state index contributed by atoms with van der Waals surface area (Å²) in [5.74, 6) is -0.693. The molecule has 106 valence electrons. The SMILES string of the molecule is CCCCc1nc(CN2CCCCC2C(=O)O)cs1. The maximum atomic E-state index is 11.2. The lowest BCUT2D eigenvalue weighted by molar-refractivity contribution is -0.144. The number of likely N-dealkylation sites (tertiary alicyclic amines) is 1.